The number of benzene rings is 2. The summed E-state index contributed by atoms with van der Waals surface area (Å²) in [6, 6.07) is 13.4. The van der Waals surface area contributed by atoms with Crippen molar-refractivity contribution >= 4 is 12.1 Å². The van der Waals surface area contributed by atoms with Crippen molar-refractivity contribution < 1.29 is 23.0 Å². The topological polar surface area (TPSA) is 59.9 Å². The average Bonchev–Trinajstić information content (AvgIpc) is 2.60. The molecule has 0 aliphatic heterocycles. The van der Waals surface area contributed by atoms with E-state index in [9.17, 15) is 13.6 Å². The minimum atomic E-state index is -2.87. The molecule has 2 aromatic carbocycles. The van der Waals surface area contributed by atoms with Gasteiger partial charge in [-0.05, 0) is 52.9 Å². The fourth-order valence-electron chi connectivity index (χ4n) is 2.15. The van der Waals surface area contributed by atoms with E-state index in [1.807, 2.05) is 24.3 Å². The molecule has 0 aromatic heterocycles. The third-order valence-electron chi connectivity index (χ3n) is 3.60. The van der Waals surface area contributed by atoms with Crippen LogP contribution in [0.25, 0.3) is 0 Å². The molecule has 0 saturated heterocycles. The van der Waals surface area contributed by atoms with Crippen LogP contribution in [0.1, 0.15) is 31.9 Å². The van der Waals surface area contributed by atoms with Gasteiger partial charge < -0.3 is 9.47 Å². The molecule has 2 aromatic rings. The van der Waals surface area contributed by atoms with E-state index < -0.39 is 12.5 Å². The van der Waals surface area contributed by atoms with Gasteiger partial charge in [0.1, 0.15) is 11.5 Å². The normalized spacial score (nSPS) is 11.6. The van der Waals surface area contributed by atoms with Crippen molar-refractivity contribution in [3.05, 3.63) is 59.7 Å². The molecule has 0 unspecified atom stereocenters. The van der Waals surface area contributed by atoms with Crippen LogP contribution in [0.2, 0.25) is 0 Å². The number of amides is 1. The molecule has 0 bridgehead atoms. The summed E-state index contributed by atoms with van der Waals surface area (Å²) in [6.07, 6.45) is 1.39. The first-order valence-corrected chi connectivity index (χ1v) is 8.34. The maximum Gasteiger partial charge on any atom is 0.387 e. The van der Waals surface area contributed by atoms with Gasteiger partial charge in [0.15, 0.2) is 6.61 Å². The van der Waals surface area contributed by atoms with Crippen molar-refractivity contribution in [2.24, 2.45) is 5.10 Å². The van der Waals surface area contributed by atoms with Gasteiger partial charge in [-0.25, -0.2) is 5.43 Å². The number of carbonyl (C=O) groups excluding carboxylic acids is 1. The second-order valence-electron chi connectivity index (χ2n) is 6.80. The highest BCUT2D eigenvalue weighted by molar-refractivity contribution is 5.83. The lowest BCUT2D eigenvalue weighted by Gasteiger charge is -2.19. The molecule has 1 amide bonds. The Labute approximate surface area is 157 Å². The predicted molar refractivity (Wildman–Crippen MR) is 99.4 cm³/mol. The lowest BCUT2D eigenvalue weighted by molar-refractivity contribution is -0.123. The molecule has 0 saturated carbocycles. The highest BCUT2D eigenvalue weighted by Gasteiger charge is 2.13. The van der Waals surface area contributed by atoms with Gasteiger partial charge in [0.2, 0.25) is 0 Å². The highest BCUT2D eigenvalue weighted by atomic mass is 19.3. The van der Waals surface area contributed by atoms with E-state index in [4.69, 9.17) is 4.74 Å². The molecule has 1 N–H and O–H groups in total. The third-order valence-corrected chi connectivity index (χ3v) is 3.60. The summed E-state index contributed by atoms with van der Waals surface area (Å²) in [5.41, 5.74) is 4.18. The SMILES string of the molecule is CC(C)(C)c1ccc(OCC(=O)N/N=C/c2ccc(OC(F)F)cc2)cc1. The Morgan fingerprint density at radius 3 is 2.22 bits per heavy atom. The Bertz CT molecular complexity index is 767. The van der Waals surface area contributed by atoms with Crippen LogP contribution in [0.15, 0.2) is 53.6 Å². The zero-order chi connectivity index (χ0) is 19.9. The zero-order valence-corrected chi connectivity index (χ0v) is 15.4. The van der Waals surface area contributed by atoms with Crippen LogP contribution in [0.3, 0.4) is 0 Å². The summed E-state index contributed by atoms with van der Waals surface area (Å²) in [6.45, 7) is 3.32. The molecular weight excluding hydrogens is 354 g/mol. The van der Waals surface area contributed by atoms with Crippen molar-refractivity contribution in [2.45, 2.75) is 32.8 Å². The Hall–Kier alpha value is -2.96. The van der Waals surface area contributed by atoms with Crippen LogP contribution < -0.4 is 14.9 Å². The predicted octanol–water partition coefficient (Wildman–Crippen LogP) is 4.11. The van der Waals surface area contributed by atoms with Crippen molar-refractivity contribution in [3.63, 3.8) is 0 Å². The van der Waals surface area contributed by atoms with Gasteiger partial charge >= 0.3 is 6.61 Å². The van der Waals surface area contributed by atoms with Crippen LogP contribution in [-0.2, 0) is 10.2 Å². The molecule has 0 fully saturated rings. The monoisotopic (exact) mass is 376 g/mol. The first-order valence-electron chi connectivity index (χ1n) is 8.34. The quantitative estimate of drug-likeness (QED) is 0.584. The van der Waals surface area contributed by atoms with Crippen LogP contribution in [0.5, 0.6) is 11.5 Å². The van der Waals surface area contributed by atoms with Gasteiger partial charge in [0.05, 0.1) is 6.21 Å². The maximum absolute atomic E-state index is 12.1. The summed E-state index contributed by atoms with van der Waals surface area (Å²) in [5, 5.41) is 3.80. The van der Waals surface area contributed by atoms with E-state index in [0.717, 1.165) is 0 Å². The van der Waals surface area contributed by atoms with Crippen molar-refractivity contribution in [2.75, 3.05) is 6.61 Å². The lowest BCUT2D eigenvalue weighted by atomic mass is 9.87. The minimum absolute atomic E-state index is 0.0500. The molecule has 7 heteroatoms. The molecule has 0 radical (unpaired) electrons. The van der Waals surface area contributed by atoms with Crippen LogP contribution in [-0.4, -0.2) is 25.3 Å². The summed E-state index contributed by atoms with van der Waals surface area (Å²) < 4.78 is 33.8. The Kier molecular flexibility index (Phi) is 6.87. The Balaban J connectivity index is 1.78. The molecule has 27 heavy (non-hydrogen) atoms. The number of alkyl halides is 2. The van der Waals surface area contributed by atoms with Crippen LogP contribution in [0, 0.1) is 0 Å². The molecule has 0 aliphatic carbocycles. The van der Waals surface area contributed by atoms with Gasteiger partial charge in [-0.3, -0.25) is 4.79 Å². The number of nitrogens with one attached hydrogen (secondary N) is 1. The van der Waals surface area contributed by atoms with Gasteiger partial charge in [0.25, 0.3) is 5.91 Å². The molecule has 0 aliphatic rings. The standard InChI is InChI=1S/C20H22F2N2O3/c1-20(2,3)15-6-10-16(11-7-15)26-13-18(25)24-23-12-14-4-8-17(9-5-14)27-19(21)22/h4-12,19H,13H2,1-3H3,(H,24,25)/b23-12+. The number of hydrazone groups is 1. The summed E-state index contributed by atoms with van der Waals surface area (Å²) in [7, 11) is 0. The highest BCUT2D eigenvalue weighted by Crippen LogP contribution is 2.24. The number of ether oxygens (including phenoxy) is 2. The first kappa shape index (κ1) is 20.4. The first-order chi connectivity index (χ1) is 12.7. The number of nitrogens with zero attached hydrogens (tertiary/aromatic N) is 1. The largest absolute Gasteiger partial charge is 0.484 e. The van der Waals surface area contributed by atoms with Gasteiger partial charge in [0, 0.05) is 0 Å². The second-order valence-corrected chi connectivity index (χ2v) is 6.80. The molecule has 0 spiro atoms. The number of halogens is 2. The molecule has 2 rings (SSSR count). The molecule has 5 nitrogen and oxygen atoms in total. The van der Waals surface area contributed by atoms with Crippen molar-refractivity contribution in [3.8, 4) is 11.5 Å². The summed E-state index contributed by atoms with van der Waals surface area (Å²) in [5.74, 6) is 0.234. The fourth-order valence-corrected chi connectivity index (χ4v) is 2.15. The summed E-state index contributed by atoms with van der Waals surface area (Å²) >= 11 is 0. The van der Waals surface area contributed by atoms with Crippen LogP contribution in [0.4, 0.5) is 8.78 Å². The number of hydrogen-bond donors (Lipinski definition) is 1. The molecule has 0 heterocycles. The minimum Gasteiger partial charge on any atom is -0.484 e. The molecule has 144 valence electrons. The lowest BCUT2D eigenvalue weighted by Crippen LogP contribution is -2.24. The average molecular weight is 376 g/mol. The van der Waals surface area contributed by atoms with E-state index in [1.54, 1.807) is 12.1 Å². The number of hydrogen-bond acceptors (Lipinski definition) is 4. The Morgan fingerprint density at radius 1 is 1.07 bits per heavy atom. The van der Waals surface area contributed by atoms with Gasteiger partial charge in [-0.15, -0.1) is 0 Å². The van der Waals surface area contributed by atoms with E-state index in [2.05, 4.69) is 36.0 Å². The maximum atomic E-state index is 12.1. The van der Waals surface area contributed by atoms with Crippen molar-refractivity contribution in [1.82, 2.24) is 5.43 Å². The third kappa shape index (κ3) is 7.05. The van der Waals surface area contributed by atoms with Crippen molar-refractivity contribution in [1.29, 1.82) is 0 Å². The fraction of sp³-hybridized carbons (Fsp3) is 0.300. The van der Waals surface area contributed by atoms with E-state index in [1.165, 1.54) is 23.9 Å². The second kappa shape index (κ2) is 9.12. The van der Waals surface area contributed by atoms with Crippen LogP contribution >= 0.6 is 0 Å². The van der Waals surface area contributed by atoms with E-state index in [-0.39, 0.29) is 17.8 Å². The smallest absolute Gasteiger partial charge is 0.387 e. The van der Waals surface area contributed by atoms with E-state index >= 15 is 0 Å². The molecular formula is C20H22F2N2O3. The van der Waals surface area contributed by atoms with E-state index in [0.29, 0.717) is 11.3 Å². The van der Waals surface area contributed by atoms with Gasteiger partial charge in [-0.2, -0.15) is 13.9 Å². The van der Waals surface area contributed by atoms with Gasteiger partial charge in [-0.1, -0.05) is 32.9 Å². The number of carbonyl (C=O) groups is 1. The Morgan fingerprint density at radius 2 is 1.67 bits per heavy atom. The summed E-state index contributed by atoms with van der Waals surface area (Å²) in [4.78, 5) is 11.8. The number of rotatable bonds is 7. The molecule has 0 atom stereocenters. The zero-order valence-electron chi connectivity index (χ0n) is 15.4.